The quantitative estimate of drug-likeness (QED) is 0.445. The predicted molar refractivity (Wildman–Crippen MR) is 115 cm³/mol. The minimum Gasteiger partial charge on any atom is -0.591 e. The second-order valence-corrected chi connectivity index (χ2v) is 10.5. The van der Waals surface area contributed by atoms with E-state index in [1.807, 2.05) is 34.6 Å². The van der Waals surface area contributed by atoms with Crippen molar-refractivity contribution in [3.05, 3.63) is 23.8 Å². The standard InChI is InChI=1S/C21H33NO7S/c1-20(2,3)30(25)22-18(17-8-7-15(26-6)10-19(17)24)9-14(23)11-27-12-16-13-28-21(4,5)29-16/h7-8,10,14,16,23-24H,9,11-13H2,1-6H3/b22-18+/t14?,16-,30-/m0/s1. The fourth-order valence-corrected chi connectivity index (χ4v) is 3.43. The summed E-state index contributed by atoms with van der Waals surface area (Å²) in [5, 5.41) is 20.9. The van der Waals surface area contributed by atoms with Crippen molar-refractivity contribution in [1.29, 1.82) is 0 Å². The van der Waals surface area contributed by atoms with Crippen molar-refractivity contribution in [1.82, 2.24) is 0 Å². The molecule has 2 N–H and O–H groups in total. The summed E-state index contributed by atoms with van der Waals surface area (Å²) in [5.74, 6) is -0.209. The van der Waals surface area contributed by atoms with E-state index < -0.39 is 28.0 Å². The van der Waals surface area contributed by atoms with E-state index in [1.54, 1.807) is 12.1 Å². The van der Waals surface area contributed by atoms with Gasteiger partial charge in [-0.1, -0.05) is 4.40 Å². The van der Waals surface area contributed by atoms with Gasteiger partial charge in [-0.25, -0.2) is 0 Å². The van der Waals surface area contributed by atoms with Crippen molar-refractivity contribution in [2.24, 2.45) is 4.40 Å². The molecule has 1 fully saturated rings. The van der Waals surface area contributed by atoms with Gasteiger partial charge in [0.15, 0.2) is 5.79 Å². The molecule has 0 aromatic heterocycles. The van der Waals surface area contributed by atoms with Gasteiger partial charge in [-0.3, -0.25) is 0 Å². The molecular weight excluding hydrogens is 410 g/mol. The van der Waals surface area contributed by atoms with Crippen LogP contribution < -0.4 is 4.74 Å². The van der Waals surface area contributed by atoms with Gasteiger partial charge in [0.1, 0.15) is 39.4 Å². The van der Waals surface area contributed by atoms with Crippen LogP contribution in [0.15, 0.2) is 22.6 Å². The Morgan fingerprint density at radius 2 is 2.10 bits per heavy atom. The number of hydrogen-bond acceptors (Lipinski definition) is 8. The molecule has 30 heavy (non-hydrogen) atoms. The third-order valence-corrected chi connectivity index (χ3v) is 5.78. The first-order chi connectivity index (χ1) is 13.9. The van der Waals surface area contributed by atoms with E-state index in [4.69, 9.17) is 18.9 Å². The molecule has 0 aliphatic carbocycles. The Bertz CT molecular complexity index is 733. The third-order valence-electron chi connectivity index (χ3n) is 4.34. The molecule has 1 saturated heterocycles. The monoisotopic (exact) mass is 443 g/mol. The summed E-state index contributed by atoms with van der Waals surface area (Å²) >= 11 is -1.56. The van der Waals surface area contributed by atoms with E-state index in [0.29, 0.717) is 23.6 Å². The molecule has 0 bridgehead atoms. The molecule has 9 heteroatoms. The Kier molecular flexibility index (Phi) is 8.55. The Balaban J connectivity index is 2.06. The van der Waals surface area contributed by atoms with Crippen LogP contribution in [0.2, 0.25) is 0 Å². The fraction of sp³-hybridized carbons (Fsp3) is 0.667. The zero-order chi connectivity index (χ0) is 22.5. The molecule has 170 valence electrons. The van der Waals surface area contributed by atoms with E-state index in [2.05, 4.69) is 4.40 Å². The van der Waals surface area contributed by atoms with Crippen LogP contribution in [0.5, 0.6) is 11.5 Å². The zero-order valence-corrected chi connectivity index (χ0v) is 19.3. The Labute approximate surface area is 181 Å². The number of rotatable bonds is 9. The van der Waals surface area contributed by atoms with Crippen LogP contribution >= 0.6 is 0 Å². The maximum atomic E-state index is 12.6. The molecule has 8 nitrogen and oxygen atoms in total. The number of aliphatic hydroxyl groups is 1. The highest BCUT2D eigenvalue weighted by Crippen LogP contribution is 2.28. The van der Waals surface area contributed by atoms with Crippen LogP contribution in [-0.2, 0) is 25.6 Å². The Hall–Kier alpha value is -1.36. The van der Waals surface area contributed by atoms with Gasteiger partial charge >= 0.3 is 0 Å². The Morgan fingerprint density at radius 1 is 1.40 bits per heavy atom. The molecule has 1 heterocycles. The number of methoxy groups -OCH3 is 1. The van der Waals surface area contributed by atoms with E-state index in [-0.39, 0.29) is 31.5 Å². The fourth-order valence-electron chi connectivity index (χ4n) is 2.78. The van der Waals surface area contributed by atoms with Crippen molar-refractivity contribution in [2.75, 3.05) is 26.9 Å². The maximum absolute atomic E-state index is 12.6. The highest BCUT2D eigenvalue weighted by Gasteiger charge is 2.33. The number of phenols is 1. The molecule has 3 atom stereocenters. The average Bonchev–Trinajstić information content (AvgIpc) is 2.99. The molecule has 1 aliphatic heterocycles. The second-order valence-electron chi connectivity index (χ2n) is 8.63. The smallest absolute Gasteiger partial charge is 0.163 e. The van der Waals surface area contributed by atoms with Gasteiger partial charge in [-0.2, -0.15) is 0 Å². The van der Waals surface area contributed by atoms with Crippen molar-refractivity contribution < 1.29 is 33.7 Å². The molecule has 0 saturated carbocycles. The van der Waals surface area contributed by atoms with Gasteiger partial charge in [0.05, 0.1) is 33.0 Å². The summed E-state index contributed by atoms with van der Waals surface area (Å²) in [5.41, 5.74) is 0.725. The summed E-state index contributed by atoms with van der Waals surface area (Å²) < 4.78 is 38.2. The molecular formula is C21H33NO7S. The summed E-state index contributed by atoms with van der Waals surface area (Å²) in [6.45, 7) is 9.85. The minimum absolute atomic E-state index is 0.0401. The highest BCUT2D eigenvalue weighted by molar-refractivity contribution is 7.91. The maximum Gasteiger partial charge on any atom is 0.163 e. The summed E-state index contributed by atoms with van der Waals surface area (Å²) in [6.07, 6.45) is -1.04. The predicted octanol–water partition coefficient (Wildman–Crippen LogP) is 2.57. The lowest BCUT2D eigenvalue weighted by Gasteiger charge is -2.21. The van der Waals surface area contributed by atoms with Gasteiger partial charge < -0.3 is 33.7 Å². The molecule has 1 aromatic carbocycles. The first-order valence-electron chi connectivity index (χ1n) is 9.86. The number of aromatic hydroxyl groups is 1. The van der Waals surface area contributed by atoms with E-state index >= 15 is 0 Å². The summed E-state index contributed by atoms with van der Waals surface area (Å²) in [6, 6.07) is 4.76. The third kappa shape index (κ3) is 7.40. The zero-order valence-electron chi connectivity index (χ0n) is 18.5. The lowest BCUT2D eigenvalue weighted by atomic mass is 10.0. The number of phenolic OH excluding ortho intramolecular Hbond substituents is 1. The topological polar surface area (TPSA) is 113 Å². The molecule has 1 unspecified atom stereocenters. The lowest BCUT2D eigenvalue weighted by molar-refractivity contribution is -0.146. The summed E-state index contributed by atoms with van der Waals surface area (Å²) in [4.78, 5) is 0. The summed E-state index contributed by atoms with van der Waals surface area (Å²) in [7, 11) is 1.50. The molecule has 1 aliphatic rings. The lowest BCUT2D eigenvalue weighted by Crippen LogP contribution is -2.29. The van der Waals surface area contributed by atoms with Crippen LogP contribution in [0.3, 0.4) is 0 Å². The molecule has 0 spiro atoms. The first kappa shape index (κ1) is 24.9. The van der Waals surface area contributed by atoms with Crippen LogP contribution in [-0.4, -0.2) is 70.1 Å². The van der Waals surface area contributed by atoms with E-state index in [0.717, 1.165) is 0 Å². The van der Waals surface area contributed by atoms with Gasteiger partial charge in [-0.05, 0) is 46.8 Å². The number of benzene rings is 1. The average molecular weight is 444 g/mol. The first-order valence-corrected chi connectivity index (χ1v) is 11.0. The molecule has 0 radical (unpaired) electrons. The number of hydrogen-bond donors (Lipinski definition) is 2. The second kappa shape index (κ2) is 10.3. The van der Waals surface area contributed by atoms with Crippen LogP contribution in [0.1, 0.15) is 46.6 Å². The van der Waals surface area contributed by atoms with Crippen molar-refractivity contribution >= 4 is 17.1 Å². The number of nitrogens with zero attached hydrogens (tertiary/aromatic N) is 1. The van der Waals surface area contributed by atoms with Gasteiger partial charge in [0.25, 0.3) is 0 Å². The van der Waals surface area contributed by atoms with E-state index in [1.165, 1.54) is 13.2 Å². The van der Waals surface area contributed by atoms with Crippen molar-refractivity contribution in [3.8, 4) is 11.5 Å². The van der Waals surface area contributed by atoms with Crippen molar-refractivity contribution in [2.45, 2.75) is 63.8 Å². The SMILES string of the molecule is COc1ccc(/C(CC(O)COC[C@H]2COC(C)(C)O2)=N/[S@@+]([O-])C(C)(C)C)c(O)c1. The van der Waals surface area contributed by atoms with Crippen LogP contribution in [0, 0.1) is 0 Å². The molecule has 0 amide bonds. The van der Waals surface area contributed by atoms with Gasteiger partial charge in [-0.15, -0.1) is 0 Å². The Morgan fingerprint density at radius 3 is 2.63 bits per heavy atom. The van der Waals surface area contributed by atoms with Gasteiger partial charge in [0, 0.05) is 18.1 Å². The number of aliphatic hydroxyl groups excluding tert-OH is 1. The number of ether oxygens (including phenoxy) is 4. The molecule has 2 rings (SSSR count). The highest BCUT2D eigenvalue weighted by atomic mass is 32.2. The van der Waals surface area contributed by atoms with E-state index in [9.17, 15) is 14.8 Å². The largest absolute Gasteiger partial charge is 0.591 e. The van der Waals surface area contributed by atoms with Crippen LogP contribution in [0.4, 0.5) is 0 Å². The van der Waals surface area contributed by atoms with Crippen LogP contribution in [0.25, 0.3) is 0 Å². The minimum atomic E-state index is -1.56. The molecule has 1 aromatic rings. The normalized spacial score (nSPS) is 21.5. The van der Waals surface area contributed by atoms with Crippen molar-refractivity contribution in [3.63, 3.8) is 0 Å². The van der Waals surface area contributed by atoms with Gasteiger partial charge in [0.2, 0.25) is 0 Å².